The summed E-state index contributed by atoms with van der Waals surface area (Å²) in [7, 11) is -4.40. The lowest BCUT2D eigenvalue weighted by Crippen LogP contribution is -2.15. The molecule has 1 N–H and O–H groups in total. The van der Waals surface area contributed by atoms with Crippen molar-refractivity contribution in [3.63, 3.8) is 0 Å². The predicted octanol–water partition coefficient (Wildman–Crippen LogP) is 6.65. The number of aryl methyl sites for hydroxylation is 1. The largest absolute Gasteiger partial charge is 0.462 e. The number of carbonyl (C=O) groups is 2. The van der Waals surface area contributed by atoms with Gasteiger partial charge in [-0.15, -0.1) is 0 Å². The Morgan fingerprint density at radius 3 is 2.40 bits per heavy atom. The molecule has 2 aromatic carbocycles. The van der Waals surface area contributed by atoms with Crippen molar-refractivity contribution in [2.75, 3.05) is 6.61 Å². The maximum atomic E-state index is 12.5. The molecule has 0 aromatic heterocycles. The summed E-state index contributed by atoms with van der Waals surface area (Å²) < 4.78 is 47.3. The van der Waals surface area contributed by atoms with Crippen LogP contribution in [0.4, 0.5) is 0 Å². The highest BCUT2D eigenvalue weighted by Gasteiger charge is 2.26. The number of benzene rings is 2. The van der Waals surface area contributed by atoms with Crippen molar-refractivity contribution < 1.29 is 32.0 Å². The van der Waals surface area contributed by atoms with Crippen LogP contribution >= 0.6 is 67.8 Å². The zero-order valence-electron chi connectivity index (χ0n) is 19.0. The van der Waals surface area contributed by atoms with Gasteiger partial charge in [0.05, 0.1) is 17.1 Å². The molecule has 1 aliphatic carbocycles. The van der Waals surface area contributed by atoms with E-state index in [1.807, 2.05) is 6.07 Å². The molecular formula is C24H25I3O7S. The minimum atomic E-state index is -4.40. The molecule has 0 atom stereocenters. The Morgan fingerprint density at radius 1 is 1.06 bits per heavy atom. The fraction of sp³-hybridized carbons (Fsp3) is 0.417. The van der Waals surface area contributed by atoms with E-state index in [-0.39, 0.29) is 29.6 Å². The summed E-state index contributed by atoms with van der Waals surface area (Å²) in [5, 5.41) is 0. The normalized spacial score (nSPS) is 14.5. The van der Waals surface area contributed by atoms with Crippen molar-refractivity contribution in [1.29, 1.82) is 0 Å². The zero-order valence-corrected chi connectivity index (χ0v) is 26.3. The van der Waals surface area contributed by atoms with Gasteiger partial charge in [-0.1, -0.05) is 19.3 Å². The minimum Gasteiger partial charge on any atom is -0.462 e. The highest BCUT2D eigenvalue weighted by atomic mass is 127. The smallest absolute Gasteiger partial charge is 0.339 e. The van der Waals surface area contributed by atoms with Gasteiger partial charge in [0, 0.05) is 17.1 Å². The van der Waals surface area contributed by atoms with Crippen molar-refractivity contribution >= 4 is 89.8 Å². The molecular weight excluding hydrogens is 813 g/mol. The fourth-order valence-corrected chi connectivity index (χ4v) is 7.31. The molecule has 0 unspecified atom stereocenters. The summed E-state index contributed by atoms with van der Waals surface area (Å²) in [5.41, 5.74) is 1.44. The van der Waals surface area contributed by atoms with Crippen LogP contribution in [0.2, 0.25) is 0 Å². The maximum Gasteiger partial charge on any atom is 0.339 e. The van der Waals surface area contributed by atoms with Crippen LogP contribution in [0.5, 0.6) is 5.75 Å². The third-order valence-corrected chi connectivity index (χ3v) is 10.4. The Kier molecular flexibility index (Phi) is 10.6. The van der Waals surface area contributed by atoms with Crippen LogP contribution in [0.15, 0.2) is 29.2 Å². The molecule has 0 spiro atoms. The van der Waals surface area contributed by atoms with E-state index >= 15 is 0 Å². The number of esters is 2. The van der Waals surface area contributed by atoms with Crippen LogP contribution in [-0.2, 0) is 19.6 Å². The monoisotopic (exact) mass is 838 g/mol. The Bertz CT molecular complexity index is 1220. The summed E-state index contributed by atoms with van der Waals surface area (Å²) >= 11 is 6.43. The molecule has 0 amide bonds. The van der Waals surface area contributed by atoms with Gasteiger partial charge in [-0.2, -0.15) is 8.42 Å². The van der Waals surface area contributed by atoms with Crippen molar-refractivity contribution in [2.45, 2.75) is 62.7 Å². The second-order valence-electron chi connectivity index (χ2n) is 8.43. The molecule has 0 aliphatic heterocycles. The number of ether oxygens (including phenoxy) is 2. The first-order valence-electron chi connectivity index (χ1n) is 11.1. The lowest BCUT2D eigenvalue weighted by molar-refractivity contribution is -0.134. The molecule has 0 heterocycles. The van der Waals surface area contributed by atoms with Gasteiger partial charge in [-0.05, 0) is 135 Å². The van der Waals surface area contributed by atoms with Gasteiger partial charge in [0.25, 0.3) is 10.1 Å². The minimum absolute atomic E-state index is 0.00922. The average molecular weight is 838 g/mol. The van der Waals surface area contributed by atoms with Crippen molar-refractivity contribution in [1.82, 2.24) is 0 Å². The van der Waals surface area contributed by atoms with Gasteiger partial charge in [-0.25, -0.2) is 4.79 Å². The van der Waals surface area contributed by atoms with Crippen LogP contribution in [-0.4, -0.2) is 31.5 Å². The second kappa shape index (κ2) is 12.8. The number of hydrogen-bond acceptors (Lipinski definition) is 6. The third-order valence-electron chi connectivity index (χ3n) is 5.83. The van der Waals surface area contributed by atoms with Crippen LogP contribution in [0.3, 0.4) is 0 Å². The van der Waals surface area contributed by atoms with E-state index < -0.39 is 22.1 Å². The first-order chi connectivity index (χ1) is 16.5. The second-order valence-corrected chi connectivity index (χ2v) is 13.3. The summed E-state index contributed by atoms with van der Waals surface area (Å²) in [6.07, 6.45) is 5.03. The maximum absolute atomic E-state index is 12.5. The summed E-state index contributed by atoms with van der Waals surface area (Å²) in [5.74, 6) is -0.669. The molecule has 7 nitrogen and oxygen atoms in total. The molecule has 1 aliphatic rings. The topological polar surface area (TPSA) is 107 Å². The molecule has 3 rings (SSSR count). The van der Waals surface area contributed by atoms with E-state index in [2.05, 4.69) is 67.8 Å². The van der Waals surface area contributed by atoms with Crippen molar-refractivity contribution in [2.24, 2.45) is 0 Å². The average Bonchev–Trinajstić information content (AvgIpc) is 2.80. The van der Waals surface area contributed by atoms with Gasteiger partial charge in [0.2, 0.25) is 0 Å². The molecule has 2 aromatic rings. The molecule has 0 radical (unpaired) electrons. The number of halogens is 3. The van der Waals surface area contributed by atoms with Gasteiger partial charge in [0.15, 0.2) is 0 Å². The third kappa shape index (κ3) is 7.98. The Labute approximate surface area is 246 Å². The number of rotatable bonds is 8. The summed E-state index contributed by atoms with van der Waals surface area (Å²) in [6.45, 7) is 1.70. The fourth-order valence-electron chi connectivity index (χ4n) is 4.08. The summed E-state index contributed by atoms with van der Waals surface area (Å²) in [6, 6.07) is 6.69. The highest BCUT2D eigenvalue weighted by molar-refractivity contribution is 14.1. The highest BCUT2D eigenvalue weighted by Crippen LogP contribution is 2.39. The van der Waals surface area contributed by atoms with Crippen molar-refractivity contribution in [3.8, 4) is 5.75 Å². The van der Waals surface area contributed by atoms with Gasteiger partial charge in [0.1, 0.15) is 5.75 Å². The van der Waals surface area contributed by atoms with E-state index in [1.165, 1.54) is 6.07 Å². The first kappa shape index (κ1) is 29.0. The van der Waals surface area contributed by atoms with Crippen LogP contribution in [0.1, 0.15) is 72.3 Å². The van der Waals surface area contributed by atoms with Crippen molar-refractivity contribution in [3.05, 3.63) is 51.7 Å². The SMILES string of the molecule is Cc1cc(S(=O)(=O)O)c(C2CCCCC2)cc1OC(=O)CCCOC(=O)c1cc(I)cc(I)c1I. The van der Waals surface area contributed by atoms with E-state index in [0.717, 1.165) is 42.8 Å². The Morgan fingerprint density at radius 2 is 1.74 bits per heavy atom. The Balaban J connectivity index is 1.62. The summed E-state index contributed by atoms with van der Waals surface area (Å²) in [4.78, 5) is 24.8. The Hall–Kier alpha value is -0.520. The van der Waals surface area contributed by atoms with Gasteiger partial charge in [-0.3, -0.25) is 9.35 Å². The van der Waals surface area contributed by atoms with Crippen LogP contribution in [0.25, 0.3) is 0 Å². The van der Waals surface area contributed by atoms with E-state index in [4.69, 9.17) is 9.47 Å². The number of hydrogen-bond donors (Lipinski definition) is 1. The lowest BCUT2D eigenvalue weighted by atomic mass is 9.83. The number of carbonyl (C=O) groups excluding carboxylic acids is 2. The predicted molar refractivity (Wildman–Crippen MR) is 157 cm³/mol. The van der Waals surface area contributed by atoms with E-state index in [1.54, 1.807) is 19.1 Å². The molecule has 1 fully saturated rings. The molecule has 35 heavy (non-hydrogen) atoms. The quantitative estimate of drug-likeness (QED) is 0.0794. The first-order valence-corrected chi connectivity index (χ1v) is 15.8. The van der Waals surface area contributed by atoms with Gasteiger partial charge >= 0.3 is 11.9 Å². The lowest BCUT2D eigenvalue weighted by Gasteiger charge is -2.24. The van der Waals surface area contributed by atoms with Crippen LogP contribution < -0.4 is 4.74 Å². The standard InChI is InChI=1S/C24H25I3O7S/c1-14-10-21(35(30,31)32)17(15-6-3-2-4-7-15)13-20(14)34-22(28)8-5-9-33-24(29)18-11-16(25)12-19(26)23(18)27/h10-13,15H,2-9H2,1H3,(H,30,31,32). The van der Waals surface area contributed by atoms with Crippen LogP contribution in [0, 0.1) is 17.6 Å². The van der Waals surface area contributed by atoms with E-state index in [0.29, 0.717) is 23.1 Å². The molecule has 0 bridgehead atoms. The van der Waals surface area contributed by atoms with E-state index in [9.17, 15) is 22.6 Å². The molecule has 0 saturated heterocycles. The van der Waals surface area contributed by atoms with Gasteiger partial charge < -0.3 is 9.47 Å². The zero-order chi connectivity index (χ0) is 25.8. The molecule has 11 heteroatoms. The molecule has 190 valence electrons. The molecule has 1 saturated carbocycles.